The average molecular weight is 408 g/mol. The highest BCUT2D eigenvalue weighted by molar-refractivity contribution is 7.18. The first kappa shape index (κ1) is 21.3. The van der Waals surface area contributed by atoms with Crippen molar-refractivity contribution in [1.29, 1.82) is 0 Å². The zero-order valence-corrected chi connectivity index (χ0v) is 16.9. The molecule has 0 spiro atoms. The summed E-state index contributed by atoms with van der Waals surface area (Å²) < 4.78 is 14.9. The molecule has 0 fully saturated rings. The van der Waals surface area contributed by atoms with Crippen LogP contribution in [0.15, 0.2) is 4.52 Å². The molecule has 2 rings (SSSR count). The van der Waals surface area contributed by atoms with Gasteiger partial charge in [0.15, 0.2) is 12.4 Å². The summed E-state index contributed by atoms with van der Waals surface area (Å²) in [6.07, 6.45) is 0. The van der Waals surface area contributed by atoms with Gasteiger partial charge >= 0.3 is 11.9 Å². The zero-order chi connectivity index (χ0) is 21.0. The van der Waals surface area contributed by atoms with Crippen LogP contribution in [0.2, 0.25) is 0 Å². The molecule has 0 aliphatic carbocycles. The van der Waals surface area contributed by atoms with Crippen molar-refractivity contribution in [2.75, 3.05) is 18.5 Å². The highest BCUT2D eigenvalue weighted by Gasteiger charge is 2.26. The topological polar surface area (TPSA) is 125 Å². The van der Waals surface area contributed by atoms with E-state index in [-0.39, 0.29) is 34.3 Å². The molecule has 0 radical (unpaired) electrons. The Bertz CT molecular complexity index is 923. The lowest BCUT2D eigenvalue weighted by Crippen LogP contribution is -2.22. The number of esters is 2. The van der Waals surface area contributed by atoms with Gasteiger partial charge in [0.2, 0.25) is 0 Å². The van der Waals surface area contributed by atoms with Crippen LogP contribution in [0, 0.1) is 20.8 Å². The lowest BCUT2D eigenvalue weighted by Gasteiger charge is -2.08. The average Bonchev–Trinajstić information content (AvgIpc) is 3.12. The molecular weight excluding hydrogens is 388 g/mol. The third-order valence-corrected chi connectivity index (χ3v) is 5.08. The van der Waals surface area contributed by atoms with E-state index in [9.17, 15) is 19.2 Å². The summed E-state index contributed by atoms with van der Waals surface area (Å²) in [5.41, 5.74) is 1.06. The first-order valence-corrected chi connectivity index (χ1v) is 9.20. The van der Waals surface area contributed by atoms with Crippen molar-refractivity contribution in [2.24, 2.45) is 0 Å². The molecule has 0 aliphatic heterocycles. The van der Waals surface area contributed by atoms with Gasteiger partial charge in [-0.1, -0.05) is 5.16 Å². The van der Waals surface area contributed by atoms with Crippen LogP contribution in [0.1, 0.15) is 61.3 Å². The predicted octanol–water partition coefficient (Wildman–Crippen LogP) is 2.84. The molecular formula is C18H20N2O7S. The molecule has 0 aromatic carbocycles. The summed E-state index contributed by atoms with van der Waals surface area (Å²) in [5, 5.41) is 6.32. The highest BCUT2D eigenvalue weighted by Crippen LogP contribution is 2.34. The molecule has 9 nitrogen and oxygen atoms in total. The Balaban J connectivity index is 2.15. The Labute approximate surface area is 165 Å². The Kier molecular flexibility index (Phi) is 6.68. The van der Waals surface area contributed by atoms with E-state index in [1.807, 2.05) is 0 Å². The Morgan fingerprint density at radius 2 is 1.71 bits per heavy atom. The molecule has 0 saturated carbocycles. The van der Waals surface area contributed by atoms with E-state index in [4.69, 9.17) is 14.0 Å². The predicted molar refractivity (Wildman–Crippen MR) is 99.9 cm³/mol. The van der Waals surface area contributed by atoms with Gasteiger partial charge in [-0.2, -0.15) is 0 Å². The van der Waals surface area contributed by atoms with Crippen LogP contribution >= 0.6 is 11.3 Å². The number of ether oxygens (including phenoxy) is 2. The Morgan fingerprint density at radius 3 is 2.25 bits per heavy atom. The number of nitrogens with zero attached hydrogens (tertiary/aromatic N) is 1. The molecule has 2 aromatic rings. The maximum atomic E-state index is 12.2. The molecule has 0 saturated heterocycles. The van der Waals surface area contributed by atoms with Crippen LogP contribution < -0.4 is 5.32 Å². The number of aromatic nitrogens is 1. The van der Waals surface area contributed by atoms with Crippen molar-refractivity contribution in [3.8, 4) is 0 Å². The summed E-state index contributed by atoms with van der Waals surface area (Å²) in [4.78, 5) is 48.6. The fraction of sp³-hybridized carbons (Fsp3) is 0.389. The van der Waals surface area contributed by atoms with E-state index in [1.165, 1.54) is 6.92 Å². The lowest BCUT2D eigenvalue weighted by atomic mass is 10.1. The number of carbonyl (C=O) groups is 4. The van der Waals surface area contributed by atoms with Gasteiger partial charge in [0.05, 0.1) is 22.7 Å². The normalized spacial score (nSPS) is 10.5. The van der Waals surface area contributed by atoms with Gasteiger partial charge in [0.25, 0.3) is 5.91 Å². The second-order valence-corrected chi connectivity index (χ2v) is 6.88. The second-order valence-electron chi connectivity index (χ2n) is 5.86. The summed E-state index contributed by atoms with van der Waals surface area (Å²) in [7, 11) is 0. The number of ketones is 1. The fourth-order valence-electron chi connectivity index (χ4n) is 2.53. The molecule has 0 atom stereocenters. The van der Waals surface area contributed by atoms with E-state index in [2.05, 4.69) is 10.5 Å². The van der Waals surface area contributed by atoms with Crippen molar-refractivity contribution in [1.82, 2.24) is 5.16 Å². The Hall–Kier alpha value is -3.01. The number of Topliss-reactive ketones (excluding diaryl/α,β-unsaturated/α-hetero) is 1. The van der Waals surface area contributed by atoms with Gasteiger partial charge in [-0.25, -0.2) is 9.59 Å². The highest BCUT2D eigenvalue weighted by atomic mass is 32.1. The summed E-state index contributed by atoms with van der Waals surface area (Å²) >= 11 is 0.966. The first-order chi connectivity index (χ1) is 13.2. The number of thiophene rings is 1. The first-order valence-electron chi connectivity index (χ1n) is 8.38. The van der Waals surface area contributed by atoms with Crippen LogP contribution in [-0.4, -0.2) is 42.0 Å². The van der Waals surface area contributed by atoms with Crippen LogP contribution in [0.5, 0.6) is 0 Å². The molecule has 2 heterocycles. The number of rotatable bonds is 7. The summed E-state index contributed by atoms with van der Waals surface area (Å²) in [6.45, 7) is 7.31. The van der Waals surface area contributed by atoms with Crippen molar-refractivity contribution in [3.05, 3.63) is 33.0 Å². The minimum Gasteiger partial charge on any atom is -0.462 e. The van der Waals surface area contributed by atoms with Crippen molar-refractivity contribution < 1.29 is 33.2 Å². The molecule has 10 heteroatoms. The number of hydrogen-bond donors (Lipinski definition) is 1. The fourth-order valence-corrected chi connectivity index (χ4v) is 3.63. The van der Waals surface area contributed by atoms with Crippen LogP contribution in [0.25, 0.3) is 0 Å². The third-order valence-electron chi connectivity index (χ3n) is 3.77. The number of carbonyl (C=O) groups excluding carboxylic acids is 4. The van der Waals surface area contributed by atoms with Crippen molar-refractivity contribution in [3.63, 3.8) is 0 Å². The number of aryl methyl sites for hydroxylation is 2. The maximum Gasteiger partial charge on any atom is 0.344 e. The molecule has 0 bridgehead atoms. The standard InChI is InChI=1S/C18H20N2O7S/c1-6-25-17(23)13-8(2)15(10(4)21)28-16(13)19-12(22)7-26-18(24)14-9(3)20-27-11(14)5/h6-7H2,1-5H3,(H,19,22). The minimum atomic E-state index is -0.746. The number of hydrogen-bond acceptors (Lipinski definition) is 9. The zero-order valence-electron chi connectivity index (χ0n) is 16.1. The van der Waals surface area contributed by atoms with Crippen molar-refractivity contribution in [2.45, 2.75) is 34.6 Å². The van der Waals surface area contributed by atoms with E-state index in [0.29, 0.717) is 16.1 Å². The summed E-state index contributed by atoms with van der Waals surface area (Å²) in [5.74, 6) is -2.01. The largest absolute Gasteiger partial charge is 0.462 e. The van der Waals surface area contributed by atoms with Crippen LogP contribution in [0.3, 0.4) is 0 Å². The van der Waals surface area contributed by atoms with Crippen LogP contribution in [0.4, 0.5) is 5.00 Å². The van der Waals surface area contributed by atoms with Gasteiger partial charge < -0.3 is 19.3 Å². The third kappa shape index (κ3) is 4.45. The maximum absolute atomic E-state index is 12.2. The number of amides is 1. The molecule has 0 aliphatic rings. The number of nitrogens with one attached hydrogen (secondary N) is 1. The Morgan fingerprint density at radius 1 is 1.07 bits per heavy atom. The van der Waals surface area contributed by atoms with Gasteiger partial charge in [0.1, 0.15) is 16.3 Å². The van der Waals surface area contributed by atoms with Gasteiger partial charge in [0, 0.05) is 0 Å². The molecule has 2 aromatic heterocycles. The van der Waals surface area contributed by atoms with E-state index in [1.54, 1.807) is 27.7 Å². The monoisotopic (exact) mass is 408 g/mol. The minimum absolute atomic E-state index is 0.113. The SMILES string of the molecule is CCOC(=O)c1c(NC(=O)COC(=O)c2c(C)noc2C)sc(C(C)=O)c1C. The van der Waals surface area contributed by atoms with E-state index < -0.39 is 24.5 Å². The molecule has 1 amide bonds. The van der Waals surface area contributed by atoms with Crippen LogP contribution in [-0.2, 0) is 14.3 Å². The van der Waals surface area contributed by atoms with E-state index >= 15 is 0 Å². The molecule has 28 heavy (non-hydrogen) atoms. The molecule has 150 valence electrons. The smallest absolute Gasteiger partial charge is 0.344 e. The quantitative estimate of drug-likeness (QED) is 0.548. The molecule has 1 N–H and O–H groups in total. The second kappa shape index (κ2) is 8.79. The van der Waals surface area contributed by atoms with Gasteiger partial charge in [-0.15, -0.1) is 11.3 Å². The lowest BCUT2D eigenvalue weighted by molar-refractivity contribution is -0.119. The molecule has 0 unspecified atom stereocenters. The summed E-state index contributed by atoms with van der Waals surface area (Å²) in [6, 6.07) is 0. The van der Waals surface area contributed by atoms with E-state index in [0.717, 1.165) is 11.3 Å². The van der Waals surface area contributed by atoms with Gasteiger partial charge in [-0.05, 0) is 40.2 Å². The number of anilines is 1. The van der Waals surface area contributed by atoms with Gasteiger partial charge in [-0.3, -0.25) is 9.59 Å². The van der Waals surface area contributed by atoms with Crippen molar-refractivity contribution >= 4 is 40.0 Å².